The Morgan fingerprint density at radius 3 is 2.54 bits per heavy atom. The maximum atomic E-state index is 13.6. The van der Waals surface area contributed by atoms with Crippen molar-refractivity contribution >= 4 is 35.1 Å². The van der Waals surface area contributed by atoms with E-state index in [1.807, 2.05) is 12.1 Å². The summed E-state index contributed by atoms with van der Waals surface area (Å²) in [6.07, 6.45) is 0.589. The molecule has 0 fully saturated rings. The van der Waals surface area contributed by atoms with E-state index in [4.69, 9.17) is 27.9 Å². The summed E-state index contributed by atoms with van der Waals surface area (Å²) in [5.41, 5.74) is 0.703. The molecule has 0 aliphatic carbocycles. The van der Waals surface area contributed by atoms with Crippen LogP contribution in [0.25, 0.3) is 0 Å². The highest BCUT2D eigenvalue weighted by Crippen LogP contribution is 2.15. The van der Waals surface area contributed by atoms with Crippen LogP contribution in [0.2, 0.25) is 10.0 Å². The van der Waals surface area contributed by atoms with E-state index in [1.165, 1.54) is 12.1 Å². The van der Waals surface area contributed by atoms with Crippen molar-refractivity contribution in [3.8, 4) is 0 Å². The highest BCUT2D eigenvalue weighted by molar-refractivity contribution is 6.30. The summed E-state index contributed by atoms with van der Waals surface area (Å²) in [5, 5.41) is 3.40. The van der Waals surface area contributed by atoms with Crippen molar-refractivity contribution in [2.45, 2.75) is 6.42 Å². The largest absolute Gasteiger partial charge is 0.452 e. The normalized spacial score (nSPS) is 10.3. The molecule has 126 valence electrons. The lowest BCUT2D eigenvalue weighted by Crippen LogP contribution is -2.30. The number of ether oxygens (including phenoxy) is 1. The summed E-state index contributed by atoms with van der Waals surface area (Å²) in [6.45, 7) is -0.123. The minimum atomic E-state index is -0.922. The Hall–Kier alpha value is -2.11. The average molecular weight is 370 g/mol. The standard InChI is InChI=1S/C17H14Cl2FNO3/c18-12-3-1-2-11(8-12)6-7-21-16(22)10-24-17(23)14-5-4-13(19)9-15(14)20/h1-5,8-9H,6-7,10H2,(H,21,22). The van der Waals surface area contributed by atoms with Gasteiger partial charge >= 0.3 is 5.97 Å². The van der Waals surface area contributed by atoms with Gasteiger partial charge in [-0.25, -0.2) is 9.18 Å². The van der Waals surface area contributed by atoms with Crippen molar-refractivity contribution in [3.63, 3.8) is 0 Å². The molecule has 2 rings (SSSR count). The summed E-state index contributed by atoms with van der Waals surface area (Å²) in [4.78, 5) is 23.4. The van der Waals surface area contributed by atoms with Crippen LogP contribution in [0.1, 0.15) is 15.9 Å². The molecule has 0 unspecified atom stereocenters. The maximum absolute atomic E-state index is 13.6. The predicted molar refractivity (Wildman–Crippen MR) is 89.9 cm³/mol. The van der Waals surface area contributed by atoms with Crippen LogP contribution in [0.3, 0.4) is 0 Å². The molecule has 0 radical (unpaired) electrons. The van der Waals surface area contributed by atoms with Crippen LogP contribution in [0.15, 0.2) is 42.5 Å². The first kappa shape index (κ1) is 18.2. The lowest BCUT2D eigenvalue weighted by molar-refractivity contribution is -0.124. The van der Waals surface area contributed by atoms with Gasteiger partial charge in [-0.3, -0.25) is 4.79 Å². The minimum Gasteiger partial charge on any atom is -0.452 e. The van der Waals surface area contributed by atoms with Gasteiger partial charge in [-0.2, -0.15) is 0 Å². The number of benzene rings is 2. The SMILES string of the molecule is O=C(COC(=O)c1ccc(Cl)cc1F)NCCc1cccc(Cl)c1. The lowest BCUT2D eigenvalue weighted by Gasteiger charge is -2.07. The van der Waals surface area contributed by atoms with Crippen LogP contribution in [0, 0.1) is 5.82 Å². The number of carbonyl (C=O) groups is 2. The van der Waals surface area contributed by atoms with Crippen molar-refractivity contribution in [1.82, 2.24) is 5.32 Å². The van der Waals surface area contributed by atoms with Gasteiger partial charge in [0.1, 0.15) is 5.82 Å². The second-order valence-electron chi connectivity index (χ2n) is 4.93. The van der Waals surface area contributed by atoms with Crippen LogP contribution < -0.4 is 5.32 Å². The number of amides is 1. The molecule has 0 saturated heterocycles. The van der Waals surface area contributed by atoms with Crippen molar-refractivity contribution in [2.24, 2.45) is 0 Å². The van der Waals surface area contributed by atoms with E-state index in [2.05, 4.69) is 5.32 Å². The Labute approximate surface area is 148 Å². The molecule has 0 bridgehead atoms. The zero-order chi connectivity index (χ0) is 17.5. The zero-order valence-electron chi connectivity index (χ0n) is 12.5. The first-order valence-electron chi connectivity index (χ1n) is 7.09. The van der Waals surface area contributed by atoms with Crippen LogP contribution >= 0.6 is 23.2 Å². The quantitative estimate of drug-likeness (QED) is 0.790. The van der Waals surface area contributed by atoms with E-state index in [-0.39, 0.29) is 10.6 Å². The summed E-state index contributed by atoms with van der Waals surface area (Å²) in [5.74, 6) is -2.19. The van der Waals surface area contributed by atoms with Gasteiger partial charge in [-0.1, -0.05) is 35.3 Å². The predicted octanol–water partition coefficient (Wildman–Crippen LogP) is 3.65. The Kier molecular flexibility index (Phi) is 6.58. The van der Waals surface area contributed by atoms with Crippen LogP contribution in [0.4, 0.5) is 4.39 Å². The van der Waals surface area contributed by atoms with Crippen LogP contribution in [-0.2, 0) is 16.0 Å². The molecule has 0 atom stereocenters. The molecule has 2 aromatic rings. The Morgan fingerprint density at radius 2 is 1.83 bits per heavy atom. The second-order valence-corrected chi connectivity index (χ2v) is 5.80. The molecule has 0 aliphatic heterocycles. The van der Waals surface area contributed by atoms with E-state index in [1.54, 1.807) is 12.1 Å². The topological polar surface area (TPSA) is 55.4 Å². The number of hydrogen-bond donors (Lipinski definition) is 1. The Morgan fingerprint density at radius 1 is 1.08 bits per heavy atom. The third-order valence-electron chi connectivity index (χ3n) is 3.11. The summed E-state index contributed by atoms with van der Waals surface area (Å²) in [6, 6.07) is 10.9. The van der Waals surface area contributed by atoms with Gasteiger partial charge in [0, 0.05) is 16.6 Å². The number of nitrogens with one attached hydrogen (secondary N) is 1. The Bertz CT molecular complexity index is 752. The molecule has 2 aromatic carbocycles. The highest BCUT2D eigenvalue weighted by atomic mass is 35.5. The number of hydrogen-bond acceptors (Lipinski definition) is 3. The fraction of sp³-hybridized carbons (Fsp3) is 0.176. The van der Waals surface area contributed by atoms with Gasteiger partial charge in [0.25, 0.3) is 5.91 Å². The van der Waals surface area contributed by atoms with Gasteiger partial charge in [-0.05, 0) is 42.3 Å². The molecule has 0 spiro atoms. The fourth-order valence-corrected chi connectivity index (χ4v) is 2.33. The molecule has 24 heavy (non-hydrogen) atoms. The maximum Gasteiger partial charge on any atom is 0.341 e. The molecule has 7 heteroatoms. The van der Waals surface area contributed by atoms with E-state index >= 15 is 0 Å². The minimum absolute atomic E-state index is 0.169. The molecule has 0 aliphatic rings. The van der Waals surface area contributed by atoms with E-state index in [0.717, 1.165) is 11.6 Å². The van der Waals surface area contributed by atoms with Crippen molar-refractivity contribution in [2.75, 3.05) is 13.2 Å². The van der Waals surface area contributed by atoms with Gasteiger partial charge in [0.2, 0.25) is 0 Å². The molecule has 1 N–H and O–H groups in total. The second kappa shape index (κ2) is 8.66. The third-order valence-corrected chi connectivity index (χ3v) is 3.58. The van der Waals surface area contributed by atoms with Crippen LogP contribution in [-0.4, -0.2) is 25.0 Å². The van der Waals surface area contributed by atoms with Crippen molar-refractivity contribution in [1.29, 1.82) is 0 Å². The fourth-order valence-electron chi connectivity index (χ4n) is 1.95. The first-order valence-corrected chi connectivity index (χ1v) is 7.84. The van der Waals surface area contributed by atoms with E-state index in [9.17, 15) is 14.0 Å². The molecule has 0 aromatic heterocycles. The third kappa shape index (κ3) is 5.51. The van der Waals surface area contributed by atoms with Gasteiger partial charge < -0.3 is 10.1 Å². The molecule has 0 heterocycles. The average Bonchev–Trinajstić information content (AvgIpc) is 2.53. The molecular formula is C17H14Cl2FNO3. The first-order chi connectivity index (χ1) is 11.5. The monoisotopic (exact) mass is 369 g/mol. The summed E-state index contributed by atoms with van der Waals surface area (Å²) < 4.78 is 18.3. The molecule has 1 amide bonds. The summed E-state index contributed by atoms with van der Waals surface area (Å²) >= 11 is 11.5. The van der Waals surface area contributed by atoms with E-state index in [0.29, 0.717) is 18.0 Å². The number of rotatable bonds is 6. The van der Waals surface area contributed by atoms with Gasteiger partial charge in [-0.15, -0.1) is 0 Å². The van der Waals surface area contributed by atoms with Gasteiger partial charge in [0.05, 0.1) is 5.56 Å². The molecule has 4 nitrogen and oxygen atoms in total. The highest BCUT2D eigenvalue weighted by Gasteiger charge is 2.15. The number of halogens is 3. The Balaban J connectivity index is 1.75. The van der Waals surface area contributed by atoms with Crippen molar-refractivity contribution < 1.29 is 18.7 Å². The number of esters is 1. The van der Waals surface area contributed by atoms with E-state index < -0.39 is 24.3 Å². The summed E-state index contributed by atoms with van der Waals surface area (Å²) in [7, 11) is 0. The number of carbonyl (C=O) groups excluding carboxylic acids is 2. The molecular weight excluding hydrogens is 356 g/mol. The zero-order valence-corrected chi connectivity index (χ0v) is 14.0. The molecule has 0 saturated carbocycles. The lowest BCUT2D eigenvalue weighted by atomic mass is 10.1. The van der Waals surface area contributed by atoms with Crippen molar-refractivity contribution in [3.05, 3.63) is 69.5 Å². The van der Waals surface area contributed by atoms with Crippen LogP contribution in [0.5, 0.6) is 0 Å². The smallest absolute Gasteiger partial charge is 0.341 e. The van der Waals surface area contributed by atoms with Gasteiger partial charge in [0.15, 0.2) is 6.61 Å².